The summed E-state index contributed by atoms with van der Waals surface area (Å²) >= 11 is 0. The number of rotatable bonds is 3. The first-order chi connectivity index (χ1) is 14.0. The molecule has 2 aromatic rings. The van der Waals surface area contributed by atoms with Gasteiger partial charge in [0.25, 0.3) is 5.91 Å². The molecule has 0 saturated carbocycles. The number of hydrogen-bond acceptors (Lipinski definition) is 5. The average molecular weight is 393 g/mol. The quantitative estimate of drug-likeness (QED) is 0.801. The SMILES string of the molecule is Cc1cnc(CN2CC3(CCCN(C(=O)c4cccnc4C)C3)CCC2=O)cn1. The summed E-state index contributed by atoms with van der Waals surface area (Å²) in [6, 6.07) is 3.66. The number of carbonyl (C=O) groups excluding carboxylic acids is 2. The van der Waals surface area contributed by atoms with E-state index in [0.717, 1.165) is 42.9 Å². The first-order valence-corrected chi connectivity index (χ1v) is 10.2. The third kappa shape index (κ3) is 4.13. The zero-order valence-electron chi connectivity index (χ0n) is 17.1. The lowest BCUT2D eigenvalue weighted by atomic mass is 9.73. The minimum Gasteiger partial charge on any atom is -0.338 e. The second kappa shape index (κ2) is 7.89. The molecule has 1 atom stereocenters. The number of likely N-dealkylation sites (tertiary alicyclic amines) is 2. The van der Waals surface area contributed by atoms with E-state index in [4.69, 9.17) is 0 Å². The van der Waals surface area contributed by atoms with Crippen LogP contribution >= 0.6 is 0 Å². The lowest BCUT2D eigenvalue weighted by molar-refractivity contribution is -0.139. The highest BCUT2D eigenvalue weighted by Crippen LogP contribution is 2.39. The van der Waals surface area contributed by atoms with Crippen LogP contribution in [0.5, 0.6) is 0 Å². The molecule has 29 heavy (non-hydrogen) atoms. The van der Waals surface area contributed by atoms with Gasteiger partial charge < -0.3 is 9.80 Å². The maximum atomic E-state index is 13.1. The van der Waals surface area contributed by atoms with Gasteiger partial charge in [0, 0.05) is 49.6 Å². The van der Waals surface area contributed by atoms with Crippen LogP contribution in [0.3, 0.4) is 0 Å². The molecule has 2 aliphatic heterocycles. The van der Waals surface area contributed by atoms with Crippen molar-refractivity contribution in [2.45, 2.75) is 46.1 Å². The molecule has 4 heterocycles. The number of piperidine rings is 2. The summed E-state index contributed by atoms with van der Waals surface area (Å²) in [7, 11) is 0. The van der Waals surface area contributed by atoms with Crippen LogP contribution in [0.15, 0.2) is 30.7 Å². The molecule has 2 fully saturated rings. The van der Waals surface area contributed by atoms with E-state index >= 15 is 0 Å². The second-order valence-corrected chi connectivity index (χ2v) is 8.37. The van der Waals surface area contributed by atoms with Gasteiger partial charge in [0.15, 0.2) is 0 Å². The lowest BCUT2D eigenvalue weighted by Crippen LogP contribution is -2.55. The number of carbonyl (C=O) groups is 2. The molecular formula is C22H27N5O2. The Balaban J connectivity index is 1.49. The molecule has 2 aliphatic rings. The highest BCUT2D eigenvalue weighted by atomic mass is 16.2. The number of amides is 2. The molecule has 2 saturated heterocycles. The Morgan fingerprint density at radius 3 is 2.76 bits per heavy atom. The van der Waals surface area contributed by atoms with Crippen molar-refractivity contribution < 1.29 is 9.59 Å². The number of aromatic nitrogens is 3. The highest BCUT2D eigenvalue weighted by Gasteiger charge is 2.43. The van der Waals surface area contributed by atoms with Crippen molar-refractivity contribution in [3.05, 3.63) is 53.4 Å². The van der Waals surface area contributed by atoms with E-state index in [2.05, 4.69) is 15.0 Å². The van der Waals surface area contributed by atoms with Crippen molar-refractivity contribution in [2.75, 3.05) is 19.6 Å². The molecule has 7 nitrogen and oxygen atoms in total. The molecule has 0 radical (unpaired) electrons. The first-order valence-electron chi connectivity index (χ1n) is 10.2. The van der Waals surface area contributed by atoms with E-state index in [-0.39, 0.29) is 17.2 Å². The monoisotopic (exact) mass is 393 g/mol. The Labute approximate surface area is 171 Å². The van der Waals surface area contributed by atoms with Crippen molar-refractivity contribution >= 4 is 11.8 Å². The van der Waals surface area contributed by atoms with Crippen LogP contribution in [0.1, 0.15) is 53.1 Å². The average Bonchev–Trinajstić information content (AvgIpc) is 2.73. The number of aryl methyl sites for hydroxylation is 2. The predicted octanol–water partition coefficient (Wildman–Crippen LogP) is 2.53. The Bertz CT molecular complexity index is 914. The standard InChI is InChI=1S/C22H27N5O2/c1-16-11-25-18(12-24-16)13-27-15-22(8-6-20(27)28)7-4-10-26(14-22)21(29)19-5-3-9-23-17(19)2/h3,5,9,11-12H,4,6-8,10,13-15H2,1-2H3. The van der Waals surface area contributed by atoms with E-state index in [0.29, 0.717) is 31.6 Å². The molecule has 0 bridgehead atoms. The van der Waals surface area contributed by atoms with E-state index in [9.17, 15) is 9.59 Å². The van der Waals surface area contributed by atoms with Crippen LogP contribution in [0, 0.1) is 19.3 Å². The largest absolute Gasteiger partial charge is 0.338 e. The zero-order chi connectivity index (χ0) is 20.4. The van der Waals surface area contributed by atoms with Gasteiger partial charge in [0.05, 0.1) is 29.7 Å². The molecule has 0 aliphatic carbocycles. The van der Waals surface area contributed by atoms with E-state index < -0.39 is 0 Å². The fraction of sp³-hybridized carbons (Fsp3) is 0.500. The van der Waals surface area contributed by atoms with Gasteiger partial charge in [-0.1, -0.05) is 0 Å². The minimum atomic E-state index is -0.0456. The second-order valence-electron chi connectivity index (χ2n) is 8.37. The smallest absolute Gasteiger partial charge is 0.255 e. The zero-order valence-corrected chi connectivity index (χ0v) is 17.1. The topological polar surface area (TPSA) is 79.3 Å². The van der Waals surface area contributed by atoms with E-state index in [1.807, 2.05) is 35.8 Å². The molecule has 152 valence electrons. The third-order valence-electron chi connectivity index (χ3n) is 6.12. The van der Waals surface area contributed by atoms with Gasteiger partial charge in [-0.3, -0.25) is 24.5 Å². The Morgan fingerprint density at radius 1 is 1.14 bits per heavy atom. The Morgan fingerprint density at radius 2 is 2.00 bits per heavy atom. The van der Waals surface area contributed by atoms with Crippen LogP contribution < -0.4 is 0 Å². The van der Waals surface area contributed by atoms with Crippen molar-refractivity contribution in [1.82, 2.24) is 24.8 Å². The van der Waals surface area contributed by atoms with Crippen LogP contribution in [0.4, 0.5) is 0 Å². The van der Waals surface area contributed by atoms with Gasteiger partial charge in [-0.15, -0.1) is 0 Å². The summed E-state index contributed by atoms with van der Waals surface area (Å²) in [5.41, 5.74) is 3.05. The van der Waals surface area contributed by atoms with Gasteiger partial charge in [-0.25, -0.2) is 0 Å². The molecule has 1 spiro atoms. The summed E-state index contributed by atoms with van der Waals surface area (Å²) in [5, 5.41) is 0. The Hall–Kier alpha value is -2.83. The van der Waals surface area contributed by atoms with Gasteiger partial charge in [0.1, 0.15) is 0 Å². The Kier molecular flexibility index (Phi) is 5.30. The summed E-state index contributed by atoms with van der Waals surface area (Å²) in [6.07, 6.45) is 8.53. The van der Waals surface area contributed by atoms with Crippen LogP contribution in [0.2, 0.25) is 0 Å². The first kappa shape index (κ1) is 19.5. The van der Waals surface area contributed by atoms with Gasteiger partial charge in [-0.05, 0) is 45.2 Å². The highest BCUT2D eigenvalue weighted by molar-refractivity contribution is 5.95. The van der Waals surface area contributed by atoms with Crippen LogP contribution in [-0.2, 0) is 11.3 Å². The van der Waals surface area contributed by atoms with Crippen molar-refractivity contribution in [3.63, 3.8) is 0 Å². The number of hydrogen-bond donors (Lipinski definition) is 0. The fourth-order valence-corrected chi connectivity index (χ4v) is 4.54. The molecule has 1 unspecified atom stereocenters. The third-order valence-corrected chi connectivity index (χ3v) is 6.12. The van der Waals surface area contributed by atoms with E-state index in [1.165, 1.54) is 0 Å². The van der Waals surface area contributed by atoms with Crippen molar-refractivity contribution in [1.29, 1.82) is 0 Å². The summed E-state index contributed by atoms with van der Waals surface area (Å²) in [6.45, 7) is 6.35. The summed E-state index contributed by atoms with van der Waals surface area (Å²) < 4.78 is 0. The lowest BCUT2D eigenvalue weighted by Gasteiger charge is -2.48. The number of pyridine rings is 1. The van der Waals surface area contributed by atoms with E-state index in [1.54, 1.807) is 18.6 Å². The van der Waals surface area contributed by atoms with Gasteiger partial charge in [-0.2, -0.15) is 0 Å². The molecule has 2 amide bonds. The normalized spacial score (nSPS) is 22.2. The van der Waals surface area contributed by atoms with Crippen molar-refractivity contribution in [3.8, 4) is 0 Å². The maximum Gasteiger partial charge on any atom is 0.255 e. The molecule has 4 rings (SSSR count). The van der Waals surface area contributed by atoms with Crippen LogP contribution in [-0.4, -0.2) is 56.2 Å². The maximum absolute atomic E-state index is 13.1. The fourth-order valence-electron chi connectivity index (χ4n) is 4.54. The number of nitrogens with zero attached hydrogens (tertiary/aromatic N) is 5. The minimum absolute atomic E-state index is 0.0440. The van der Waals surface area contributed by atoms with Crippen LogP contribution in [0.25, 0.3) is 0 Å². The van der Waals surface area contributed by atoms with Gasteiger partial charge >= 0.3 is 0 Å². The summed E-state index contributed by atoms with van der Waals surface area (Å²) in [5.74, 6) is 0.201. The molecule has 2 aromatic heterocycles. The predicted molar refractivity (Wildman–Crippen MR) is 108 cm³/mol. The molecule has 0 N–H and O–H groups in total. The molecular weight excluding hydrogens is 366 g/mol. The molecule has 0 aromatic carbocycles. The summed E-state index contributed by atoms with van der Waals surface area (Å²) in [4.78, 5) is 42.5. The molecule has 7 heteroatoms. The van der Waals surface area contributed by atoms with Gasteiger partial charge in [0.2, 0.25) is 5.91 Å². The van der Waals surface area contributed by atoms with Crippen molar-refractivity contribution in [2.24, 2.45) is 5.41 Å².